The van der Waals surface area contributed by atoms with Crippen LogP contribution in [0.1, 0.15) is 45.6 Å². The Morgan fingerprint density at radius 2 is 2.06 bits per heavy atom. The van der Waals surface area contributed by atoms with Gasteiger partial charge in [0, 0.05) is 37.2 Å². The van der Waals surface area contributed by atoms with E-state index in [1.807, 2.05) is 12.4 Å². The van der Waals surface area contributed by atoms with Crippen molar-refractivity contribution in [1.82, 2.24) is 4.98 Å². The minimum absolute atomic E-state index is 0.137. The second-order valence-corrected chi connectivity index (χ2v) is 6.32. The molecule has 1 aromatic heterocycles. The van der Waals surface area contributed by atoms with E-state index in [-0.39, 0.29) is 5.41 Å². The summed E-state index contributed by atoms with van der Waals surface area (Å²) in [5, 5.41) is 0. The number of nitrogens with two attached hydrogens (primary N) is 1. The molecule has 18 heavy (non-hydrogen) atoms. The summed E-state index contributed by atoms with van der Waals surface area (Å²) in [4.78, 5) is 6.77. The number of rotatable bonds is 1. The van der Waals surface area contributed by atoms with Crippen LogP contribution in [0.5, 0.6) is 0 Å². The second kappa shape index (κ2) is 5.27. The third-order valence-electron chi connectivity index (χ3n) is 3.72. The summed E-state index contributed by atoms with van der Waals surface area (Å²) in [5.74, 6) is 0. The van der Waals surface area contributed by atoms with Crippen LogP contribution in [0.2, 0.25) is 0 Å². The Morgan fingerprint density at radius 3 is 2.78 bits per heavy atom. The third-order valence-corrected chi connectivity index (χ3v) is 3.72. The lowest BCUT2D eigenvalue weighted by Gasteiger charge is -2.30. The lowest BCUT2D eigenvalue weighted by Crippen LogP contribution is -2.29. The van der Waals surface area contributed by atoms with Crippen LogP contribution in [0.15, 0.2) is 18.5 Å². The Kier molecular flexibility index (Phi) is 3.91. The number of anilines is 1. The van der Waals surface area contributed by atoms with E-state index in [9.17, 15) is 0 Å². The molecule has 0 amide bonds. The second-order valence-electron chi connectivity index (χ2n) is 6.32. The number of hydrogen-bond donors (Lipinski definition) is 1. The van der Waals surface area contributed by atoms with Crippen LogP contribution >= 0.6 is 0 Å². The van der Waals surface area contributed by atoms with Gasteiger partial charge in [0.25, 0.3) is 0 Å². The quantitative estimate of drug-likeness (QED) is 0.829. The van der Waals surface area contributed by atoms with E-state index in [1.54, 1.807) is 0 Å². The predicted molar refractivity (Wildman–Crippen MR) is 77.0 cm³/mol. The fourth-order valence-corrected chi connectivity index (χ4v) is 2.60. The molecule has 0 bridgehead atoms. The van der Waals surface area contributed by atoms with Crippen molar-refractivity contribution in [2.45, 2.75) is 51.5 Å². The highest BCUT2D eigenvalue weighted by atomic mass is 15.1. The average molecular weight is 247 g/mol. The van der Waals surface area contributed by atoms with Crippen molar-refractivity contribution in [2.24, 2.45) is 5.73 Å². The van der Waals surface area contributed by atoms with Crippen molar-refractivity contribution in [1.29, 1.82) is 0 Å². The van der Waals surface area contributed by atoms with Gasteiger partial charge in [-0.25, -0.2) is 0 Å². The number of hydrogen-bond acceptors (Lipinski definition) is 3. The van der Waals surface area contributed by atoms with Crippen molar-refractivity contribution in [2.75, 3.05) is 18.0 Å². The van der Waals surface area contributed by atoms with Crippen molar-refractivity contribution >= 4 is 5.69 Å². The minimum Gasteiger partial charge on any atom is -0.371 e. The summed E-state index contributed by atoms with van der Waals surface area (Å²) in [6, 6.07) is 2.52. The van der Waals surface area contributed by atoms with Crippen LogP contribution in [-0.2, 0) is 5.41 Å². The zero-order chi connectivity index (χ0) is 13.2. The van der Waals surface area contributed by atoms with Gasteiger partial charge in [0.1, 0.15) is 0 Å². The van der Waals surface area contributed by atoms with Gasteiger partial charge in [0.15, 0.2) is 0 Å². The Bertz CT molecular complexity index is 395. The molecule has 3 nitrogen and oxygen atoms in total. The molecule has 0 aliphatic carbocycles. The summed E-state index contributed by atoms with van der Waals surface area (Å²) in [6.45, 7) is 8.92. The van der Waals surface area contributed by atoms with E-state index in [4.69, 9.17) is 5.73 Å². The predicted octanol–water partition coefficient (Wildman–Crippen LogP) is 2.70. The smallest absolute Gasteiger partial charge is 0.0435 e. The van der Waals surface area contributed by atoms with Gasteiger partial charge in [-0.1, -0.05) is 20.8 Å². The molecule has 1 fully saturated rings. The molecule has 1 aromatic rings. The first-order chi connectivity index (χ1) is 8.48. The Hall–Kier alpha value is -1.09. The summed E-state index contributed by atoms with van der Waals surface area (Å²) >= 11 is 0. The highest BCUT2D eigenvalue weighted by Crippen LogP contribution is 2.32. The Morgan fingerprint density at radius 1 is 1.28 bits per heavy atom. The number of aromatic nitrogens is 1. The molecule has 1 saturated heterocycles. The number of pyridine rings is 1. The standard InChI is InChI=1S/C15H25N3/c1-15(2,3)13-11-17-8-6-14(13)18-9-4-5-12(16)7-10-18/h6,8,11-12H,4-5,7,9-10,16H2,1-3H3/t12-/m1/s1. The van der Waals surface area contributed by atoms with Crippen molar-refractivity contribution < 1.29 is 0 Å². The van der Waals surface area contributed by atoms with Crippen LogP contribution < -0.4 is 10.6 Å². The summed E-state index contributed by atoms with van der Waals surface area (Å²) in [7, 11) is 0. The molecule has 0 saturated carbocycles. The maximum absolute atomic E-state index is 6.06. The Balaban J connectivity index is 2.27. The largest absolute Gasteiger partial charge is 0.371 e. The highest BCUT2D eigenvalue weighted by molar-refractivity contribution is 5.55. The fourth-order valence-electron chi connectivity index (χ4n) is 2.60. The van der Waals surface area contributed by atoms with Crippen LogP contribution in [0, 0.1) is 0 Å². The lowest BCUT2D eigenvalue weighted by molar-refractivity contribution is 0.582. The zero-order valence-electron chi connectivity index (χ0n) is 11.8. The summed E-state index contributed by atoms with van der Waals surface area (Å²) in [6.07, 6.45) is 7.33. The summed E-state index contributed by atoms with van der Waals surface area (Å²) < 4.78 is 0. The first-order valence-electron chi connectivity index (χ1n) is 6.93. The van der Waals surface area contributed by atoms with Gasteiger partial charge in [-0.15, -0.1) is 0 Å². The van der Waals surface area contributed by atoms with E-state index >= 15 is 0 Å². The van der Waals surface area contributed by atoms with Gasteiger partial charge < -0.3 is 10.6 Å². The SMILES string of the molecule is CC(C)(C)c1cnccc1N1CCC[C@@H](N)CC1. The van der Waals surface area contributed by atoms with Gasteiger partial charge in [-0.2, -0.15) is 0 Å². The van der Waals surface area contributed by atoms with E-state index in [1.165, 1.54) is 17.7 Å². The molecule has 0 unspecified atom stereocenters. The maximum Gasteiger partial charge on any atom is 0.0435 e. The first-order valence-corrected chi connectivity index (χ1v) is 6.93. The van der Waals surface area contributed by atoms with Gasteiger partial charge >= 0.3 is 0 Å². The molecule has 1 aliphatic heterocycles. The van der Waals surface area contributed by atoms with Crippen LogP contribution in [-0.4, -0.2) is 24.1 Å². The molecular weight excluding hydrogens is 222 g/mol. The van der Waals surface area contributed by atoms with Gasteiger partial charge in [-0.05, 0) is 36.3 Å². The molecular formula is C15H25N3. The molecule has 2 rings (SSSR count). The molecule has 0 radical (unpaired) electrons. The molecule has 0 spiro atoms. The molecule has 100 valence electrons. The monoisotopic (exact) mass is 247 g/mol. The van der Waals surface area contributed by atoms with Crippen LogP contribution in [0.25, 0.3) is 0 Å². The minimum atomic E-state index is 0.137. The van der Waals surface area contributed by atoms with Crippen LogP contribution in [0.3, 0.4) is 0 Å². The lowest BCUT2D eigenvalue weighted by atomic mass is 9.86. The van der Waals surface area contributed by atoms with Gasteiger partial charge in [0.05, 0.1) is 0 Å². The van der Waals surface area contributed by atoms with E-state index in [0.29, 0.717) is 6.04 Å². The van der Waals surface area contributed by atoms with Crippen LogP contribution in [0.4, 0.5) is 5.69 Å². The van der Waals surface area contributed by atoms with Crippen molar-refractivity contribution in [3.63, 3.8) is 0 Å². The summed E-state index contributed by atoms with van der Waals surface area (Å²) in [5.41, 5.74) is 8.87. The fraction of sp³-hybridized carbons (Fsp3) is 0.667. The normalized spacial score (nSPS) is 21.8. The van der Waals surface area contributed by atoms with Crippen molar-refractivity contribution in [3.8, 4) is 0 Å². The zero-order valence-corrected chi connectivity index (χ0v) is 11.8. The van der Waals surface area contributed by atoms with Gasteiger partial charge in [0.2, 0.25) is 0 Å². The molecule has 2 heterocycles. The first kappa shape index (κ1) is 13.3. The van der Waals surface area contributed by atoms with Crippen molar-refractivity contribution in [3.05, 3.63) is 24.0 Å². The molecule has 3 heteroatoms. The molecule has 0 aromatic carbocycles. The van der Waals surface area contributed by atoms with Gasteiger partial charge in [-0.3, -0.25) is 4.98 Å². The van der Waals surface area contributed by atoms with E-state index < -0.39 is 0 Å². The Labute approximate surface area is 110 Å². The molecule has 2 N–H and O–H groups in total. The maximum atomic E-state index is 6.06. The molecule has 1 atom stereocenters. The third kappa shape index (κ3) is 3.02. The highest BCUT2D eigenvalue weighted by Gasteiger charge is 2.22. The number of nitrogens with zero attached hydrogens (tertiary/aromatic N) is 2. The van der Waals surface area contributed by atoms with E-state index in [0.717, 1.165) is 25.9 Å². The van der Waals surface area contributed by atoms with E-state index in [2.05, 4.69) is 36.7 Å². The topological polar surface area (TPSA) is 42.2 Å². The average Bonchev–Trinajstić information content (AvgIpc) is 2.53. The molecule has 1 aliphatic rings.